The van der Waals surface area contributed by atoms with Crippen LogP contribution in [0.1, 0.15) is 16.3 Å². The molecule has 8 nitrogen and oxygen atoms in total. The summed E-state index contributed by atoms with van der Waals surface area (Å²) in [6.45, 7) is 0.374. The van der Waals surface area contributed by atoms with E-state index in [0.717, 1.165) is 16.5 Å². The Kier molecular flexibility index (Phi) is 4.16. The first-order valence-electron chi connectivity index (χ1n) is 7.99. The summed E-state index contributed by atoms with van der Waals surface area (Å²) in [6.07, 6.45) is 0. The third-order valence-corrected chi connectivity index (χ3v) is 3.90. The predicted molar refractivity (Wildman–Crippen MR) is 96.6 cm³/mol. The van der Waals surface area contributed by atoms with E-state index in [2.05, 4.69) is 30.7 Å². The van der Waals surface area contributed by atoms with Crippen molar-refractivity contribution < 1.29 is 9.53 Å². The van der Waals surface area contributed by atoms with Gasteiger partial charge in [0.1, 0.15) is 6.61 Å². The number of methoxy groups -OCH3 is 1. The molecule has 0 saturated carbocycles. The molecule has 1 amide bonds. The number of fused-ring (bicyclic) bond motifs is 1. The molecule has 0 fully saturated rings. The largest absolute Gasteiger partial charge is 0.377 e. The normalized spacial score (nSPS) is 11.0. The van der Waals surface area contributed by atoms with Crippen LogP contribution in [0.5, 0.6) is 0 Å². The van der Waals surface area contributed by atoms with Crippen molar-refractivity contribution in [3.63, 3.8) is 0 Å². The highest BCUT2D eigenvalue weighted by Gasteiger charge is 2.14. The molecule has 0 aliphatic rings. The molecule has 0 aliphatic carbocycles. The van der Waals surface area contributed by atoms with Crippen molar-refractivity contribution in [3.05, 3.63) is 60.0 Å². The Morgan fingerprint density at radius 1 is 1.08 bits per heavy atom. The SMILES string of the molecule is COCc1nc(-c2ccc(NC(=O)c3n[nH]c4ccccc34)cc2)n[nH]1. The Balaban J connectivity index is 1.51. The lowest BCUT2D eigenvalue weighted by Gasteiger charge is -2.04. The number of hydrogen-bond donors (Lipinski definition) is 3. The molecular weight excluding hydrogens is 332 g/mol. The van der Waals surface area contributed by atoms with Gasteiger partial charge in [-0.15, -0.1) is 0 Å². The number of nitrogens with one attached hydrogen (secondary N) is 3. The molecule has 130 valence electrons. The first kappa shape index (κ1) is 16.0. The van der Waals surface area contributed by atoms with Crippen molar-refractivity contribution in [2.45, 2.75) is 6.61 Å². The van der Waals surface area contributed by atoms with E-state index < -0.39 is 0 Å². The van der Waals surface area contributed by atoms with Crippen molar-refractivity contribution in [2.75, 3.05) is 12.4 Å². The first-order chi connectivity index (χ1) is 12.7. The van der Waals surface area contributed by atoms with Crippen LogP contribution in [0.2, 0.25) is 0 Å². The summed E-state index contributed by atoms with van der Waals surface area (Å²) in [5, 5.41) is 17.6. The van der Waals surface area contributed by atoms with Gasteiger partial charge in [0, 0.05) is 23.7 Å². The van der Waals surface area contributed by atoms with E-state index >= 15 is 0 Å². The standard InChI is InChI=1S/C18H16N6O2/c1-26-10-15-20-17(24-22-15)11-6-8-12(9-7-11)19-18(25)16-13-4-2-3-5-14(13)21-23-16/h2-9H,10H2,1H3,(H,19,25)(H,21,23)(H,20,22,24). The van der Waals surface area contributed by atoms with E-state index in [1.807, 2.05) is 36.4 Å². The van der Waals surface area contributed by atoms with Crippen LogP contribution in [0.15, 0.2) is 48.5 Å². The number of aromatic amines is 2. The van der Waals surface area contributed by atoms with Gasteiger partial charge in [0.15, 0.2) is 17.3 Å². The minimum Gasteiger partial charge on any atom is -0.377 e. The zero-order valence-electron chi connectivity index (χ0n) is 14.0. The van der Waals surface area contributed by atoms with Gasteiger partial charge < -0.3 is 10.1 Å². The molecule has 0 spiro atoms. The number of rotatable bonds is 5. The van der Waals surface area contributed by atoms with Crippen LogP contribution in [0.4, 0.5) is 5.69 Å². The third kappa shape index (κ3) is 3.05. The number of aromatic nitrogens is 5. The topological polar surface area (TPSA) is 109 Å². The molecule has 2 aromatic heterocycles. The number of para-hydroxylation sites is 1. The fourth-order valence-electron chi connectivity index (χ4n) is 2.66. The van der Waals surface area contributed by atoms with E-state index in [1.165, 1.54) is 0 Å². The quantitative estimate of drug-likeness (QED) is 0.514. The lowest BCUT2D eigenvalue weighted by molar-refractivity contribution is 0.102. The molecule has 0 saturated heterocycles. The van der Waals surface area contributed by atoms with Crippen LogP contribution in [0, 0.1) is 0 Å². The molecule has 26 heavy (non-hydrogen) atoms. The highest BCUT2D eigenvalue weighted by molar-refractivity contribution is 6.11. The average Bonchev–Trinajstić information content (AvgIpc) is 3.30. The summed E-state index contributed by atoms with van der Waals surface area (Å²) < 4.78 is 5.02. The smallest absolute Gasteiger partial charge is 0.276 e. The maximum atomic E-state index is 12.5. The number of H-pyrrole nitrogens is 2. The molecule has 3 N–H and O–H groups in total. The maximum Gasteiger partial charge on any atom is 0.276 e. The first-order valence-corrected chi connectivity index (χ1v) is 7.99. The van der Waals surface area contributed by atoms with Crippen LogP contribution in [-0.4, -0.2) is 38.4 Å². The Hall–Kier alpha value is -3.52. The van der Waals surface area contributed by atoms with Gasteiger partial charge in [-0.3, -0.25) is 15.0 Å². The predicted octanol–water partition coefficient (Wildman–Crippen LogP) is 2.75. The van der Waals surface area contributed by atoms with Gasteiger partial charge in [-0.2, -0.15) is 10.2 Å². The molecule has 0 bridgehead atoms. The molecule has 0 atom stereocenters. The second-order valence-corrected chi connectivity index (χ2v) is 5.69. The van der Waals surface area contributed by atoms with E-state index in [4.69, 9.17) is 4.74 Å². The summed E-state index contributed by atoms with van der Waals surface area (Å²) in [7, 11) is 1.60. The van der Waals surface area contributed by atoms with Crippen molar-refractivity contribution in [3.8, 4) is 11.4 Å². The molecule has 8 heteroatoms. The van der Waals surface area contributed by atoms with Crippen molar-refractivity contribution in [1.82, 2.24) is 25.4 Å². The summed E-state index contributed by atoms with van der Waals surface area (Å²) in [5.41, 5.74) is 2.69. The average molecular weight is 348 g/mol. The van der Waals surface area contributed by atoms with Gasteiger partial charge in [0.2, 0.25) is 0 Å². The lowest BCUT2D eigenvalue weighted by atomic mass is 10.2. The third-order valence-electron chi connectivity index (χ3n) is 3.90. The highest BCUT2D eigenvalue weighted by atomic mass is 16.5. The number of nitrogens with zero attached hydrogens (tertiary/aromatic N) is 3. The number of benzene rings is 2. The molecular formula is C18H16N6O2. The van der Waals surface area contributed by atoms with Crippen LogP contribution in [-0.2, 0) is 11.3 Å². The number of ether oxygens (including phenoxy) is 1. The van der Waals surface area contributed by atoms with Gasteiger partial charge in [0.25, 0.3) is 5.91 Å². The lowest BCUT2D eigenvalue weighted by Crippen LogP contribution is -2.12. The number of hydrogen-bond acceptors (Lipinski definition) is 5. The van der Waals surface area contributed by atoms with E-state index in [9.17, 15) is 4.79 Å². The Labute approximate surface area is 148 Å². The Bertz CT molecular complexity index is 1050. The van der Waals surface area contributed by atoms with E-state index in [-0.39, 0.29) is 5.91 Å². The molecule has 0 unspecified atom stereocenters. The summed E-state index contributed by atoms with van der Waals surface area (Å²) in [6, 6.07) is 14.8. The number of carbonyl (C=O) groups is 1. The van der Waals surface area contributed by atoms with Gasteiger partial charge in [-0.05, 0) is 30.3 Å². The zero-order chi connectivity index (χ0) is 17.9. The van der Waals surface area contributed by atoms with Crippen LogP contribution in [0.3, 0.4) is 0 Å². The second kappa shape index (κ2) is 6.77. The van der Waals surface area contributed by atoms with E-state index in [0.29, 0.717) is 29.6 Å². The summed E-state index contributed by atoms with van der Waals surface area (Å²) in [5.74, 6) is 0.967. The molecule has 0 radical (unpaired) electrons. The highest BCUT2D eigenvalue weighted by Crippen LogP contribution is 2.20. The molecule has 0 aliphatic heterocycles. The van der Waals surface area contributed by atoms with Crippen molar-refractivity contribution in [2.24, 2.45) is 0 Å². The summed E-state index contributed by atoms with van der Waals surface area (Å²) >= 11 is 0. The Morgan fingerprint density at radius 3 is 2.69 bits per heavy atom. The minimum atomic E-state index is -0.268. The maximum absolute atomic E-state index is 12.5. The number of anilines is 1. The molecule has 2 aromatic carbocycles. The number of amides is 1. The summed E-state index contributed by atoms with van der Waals surface area (Å²) in [4.78, 5) is 16.8. The Morgan fingerprint density at radius 2 is 1.88 bits per heavy atom. The molecule has 2 heterocycles. The van der Waals surface area contributed by atoms with Crippen molar-refractivity contribution in [1.29, 1.82) is 0 Å². The van der Waals surface area contributed by atoms with E-state index in [1.54, 1.807) is 19.2 Å². The fourth-order valence-corrected chi connectivity index (χ4v) is 2.66. The van der Waals surface area contributed by atoms with Gasteiger partial charge in [0.05, 0.1) is 5.52 Å². The fraction of sp³-hybridized carbons (Fsp3) is 0.111. The van der Waals surface area contributed by atoms with Crippen LogP contribution >= 0.6 is 0 Å². The van der Waals surface area contributed by atoms with Crippen LogP contribution in [0.25, 0.3) is 22.3 Å². The van der Waals surface area contributed by atoms with Gasteiger partial charge in [-0.1, -0.05) is 18.2 Å². The van der Waals surface area contributed by atoms with Crippen LogP contribution < -0.4 is 5.32 Å². The zero-order valence-corrected chi connectivity index (χ0v) is 14.0. The van der Waals surface area contributed by atoms with Gasteiger partial charge >= 0.3 is 0 Å². The van der Waals surface area contributed by atoms with Gasteiger partial charge in [-0.25, -0.2) is 4.98 Å². The second-order valence-electron chi connectivity index (χ2n) is 5.69. The number of carbonyl (C=O) groups excluding carboxylic acids is 1. The van der Waals surface area contributed by atoms with Crippen molar-refractivity contribution >= 4 is 22.5 Å². The monoisotopic (exact) mass is 348 g/mol. The minimum absolute atomic E-state index is 0.268. The molecule has 4 rings (SSSR count). The molecule has 4 aromatic rings.